The monoisotopic (exact) mass is 288 g/mol. The number of halogens is 1. The van der Waals surface area contributed by atoms with E-state index >= 15 is 0 Å². The maximum absolute atomic E-state index is 11.8. The maximum Gasteiger partial charge on any atom is 0.221 e. The quantitative estimate of drug-likeness (QED) is 0.837. The Labute approximate surface area is 121 Å². The van der Waals surface area contributed by atoms with Crippen molar-refractivity contribution in [1.82, 2.24) is 20.4 Å². The summed E-state index contributed by atoms with van der Waals surface area (Å²) in [5.41, 5.74) is 3.27. The second-order valence-corrected chi connectivity index (χ2v) is 4.59. The zero-order valence-corrected chi connectivity index (χ0v) is 13.2. The molecule has 19 heavy (non-hydrogen) atoms. The van der Waals surface area contributed by atoms with E-state index < -0.39 is 0 Å². The third-order valence-corrected chi connectivity index (χ3v) is 3.26. The van der Waals surface area contributed by atoms with Gasteiger partial charge in [0.15, 0.2) is 0 Å². The molecule has 0 saturated carbocycles. The molecule has 0 aliphatic rings. The first-order chi connectivity index (χ1) is 8.51. The highest BCUT2D eigenvalue weighted by molar-refractivity contribution is 5.85. The summed E-state index contributed by atoms with van der Waals surface area (Å²) in [4.78, 5) is 11.8. The van der Waals surface area contributed by atoms with Crippen LogP contribution in [0.5, 0.6) is 0 Å². The lowest BCUT2D eigenvalue weighted by Gasteiger charge is -2.18. The van der Waals surface area contributed by atoms with Crippen molar-refractivity contribution in [3.8, 4) is 0 Å². The van der Waals surface area contributed by atoms with Gasteiger partial charge in [0, 0.05) is 31.3 Å². The summed E-state index contributed by atoms with van der Waals surface area (Å²) in [5, 5.41) is 10.5. The van der Waals surface area contributed by atoms with Gasteiger partial charge in [-0.25, -0.2) is 0 Å². The van der Waals surface area contributed by atoms with E-state index in [1.165, 1.54) is 0 Å². The van der Waals surface area contributed by atoms with Crippen molar-refractivity contribution in [3.63, 3.8) is 0 Å². The Balaban J connectivity index is 0.00000324. The van der Waals surface area contributed by atoms with Gasteiger partial charge < -0.3 is 10.6 Å². The number of nitrogens with one attached hydrogen (secondary N) is 2. The zero-order chi connectivity index (χ0) is 13.7. The molecule has 1 rings (SSSR count). The molecule has 1 aromatic rings. The largest absolute Gasteiger partial charge is 0.349 e. The number of nitrogens with zero attached hydrogens (tertiary/aromatic N) is 2. The summed E-state index contributed by atoms with van der Waals surface area (Å²) in [6, 6.07) is 0.0584. The van der Waals surface area contributed by atoms with Gasteiger partial charge >= 0.3 is 0 Å². The van der Waals surface area contributed by atoms with Gasteiger partial charge in [-0.1, -0.05) is 6.92 Å². The number of amides is 1. The van der Waals surface area contributed by atoms with Gasteiger partial charge in [-0.3, -0.25) is 9.48 Å². The summed E-state index contributed by atoms with van der Waals surface area (Å²) in [6.45, 7) is 6.81. The van der Waals surface area contributed by atoms with E-state index in [1.54, 1.807) is 0 Å². The lowest BCUT2D eigenvalue weighted by molar-refractivity contribution is -0.121. The molecule has 110 valence electrons. The van der Waals surface area contributed by atoms with Crippen molar-refractivity contribution >= 4 is 18.3 Å². The Morgan fingerprint density at radius 1 is 1.42 bits per heavy atom. The third-order valence-electron chi connectivity index (χ3n) is 3.26. The van der Waals surface area contributed by atoms with Gasteiger partial charge in [-0.2, -0.15) is 5.10 Å². The summed E-state index contributed by atoms with van der Waals surface area (Å²) in [5.74, 6) is 0.0823. The van der Waals surface area contributed by atoms with Gasteiger partial charge in [0.25, 0.3) is 0 Å². The van der Waals surface area contributed by atoms with Crippen LogP contribution in [0, 0.1) is 13.8 Å². The fourth-order valence-electron chi connectivity index (χ4n) is 2.18. The first-order valence-electron chi connectivity index (χ1n) is 6.45. The Hall–Kier alpha value is -1.07. The van der Waals surface area contributed by atoms with Crippen molar-refractivity contribution in [1.29, 1.82) is 0 Å². The lowest BCUT2D eigenvalue weighted by Crippen LogP contribution is -2.30. The normalized spacial score (nSPS) is 11.8. The molecule has 0 bridgehead atoms. The van der Waals surface area contributed by atoms with Crippen LogP contribution in [0.2, 0.25) is 0 Å². The van der Waals surface area contributed by atoms with E-state index in [2.05, 4.69) is 22.7 Å². The van der Waals surface area contributed by atoms with Crippen molar-refractivity contribution in [2.45, 2.75) is 39.7 Å². The van der Waals surface area contributed by atoms with Crippen molar-refractivity contribution in [3.05, 3.63) is 17.0 Å². The molecule has 1 amide bonds. The van der Waals surface area contributed by atoms with Crippen LogP contribution in [0.3, 0.4) is 0 Å². The molecule has 1 unspecified atom stereocenters. The van der Waals surface area contributed by atoms with Crippen LogP contribution < -0.4 is 10.6 Å². The topological polar surface area (TPSA) is 59.0 Å². The molecule has 0 radical (unpaired) electrons. The van der Waals surface area contributed by atoms with Crippen LogP contribution in [-0.2, 0) is 11.8 Å². The standard InChI is InChI=1S/C13H24N4O.ClH/c1-6-11(15-12(18)7-8-14-4)13-9(2)16-17(5)10(13)3;/h11,14H,6-8H2,1-5H3,(H,15,18);1H. The Morgan fingerprint density at radius 2 is 2.05 bits per heavy atom. The lowest BCUT2D eigenvalue weighted by atomic mass is 10.0. The van der Waals surface area contributed by atoms with E-state index in [0.29, 0.717) is 13.0 Å². The predicted octanol–water partition coefficient (Wildman–Crippen LogP) is 1.64. The minimum Gasteiger partial charge on any atom is -0.349 e. The molecule has 0 aliphatic heterocycles. The molecule has 0 spiro atoms. The number of aryl methyl sites for hydroxylation is 2. The van der Waals surface area contributed by atoms with E-state index in [0.717, 1.165) is 23.4 Å². The fourth-order valence-corrected chi connectivity index (χ4v) is 2.18. The number of hydrogen-bond donors (Lipinski definition) is 2. The van der Waals surface area contributed by atoms with Crippen molar-refractivity contribution in [2.24, 2.45) is 7.05 Å². The number of aromatic nitrogens is 2. The zero-order valence-electron chi connectivity index (χ0n) is 12.4. The van der Waals surface area contributed by atoms with E-state index in [4.69, 9.17) is 0 Å². The molecule has 5 nitrogen and oxygen atoms in total. The minimum absolute atomic E-state index is 0. The second-order valence-electron chi connectivity index (χ2n) is 4.59. The average molecular weight is 289 g/mol. The van der Waals surface area contributed by atoms with Crippen molar-refractivity contribution < 1.29 is 4.79 Å². The number of carbonyl (C=O) groups is 1. The summed E-state index contributed by atoms with van der Waals surface area (Å²) in [7, 11) is 3.78. The highest BCUT2D eigenvalue weighted by Gasteiger charge is 2.20. The molecule has 1 aromatic heterocycles. The Kier molecular flexibility index (Phi) is 7.71. The number of rotatable bonds is 6. The van der Waals surface area contributed by atoms with Crippen LogP contribution in [-0.4, -0.2) is 29.3 Å². The Morgan fingerprint density at radius 3 is 2.47 bits per heavy atom. The van der Waals surface area contributed by atoms with Gasteiger partial charge in [0.05, 0.1) is 11.7 Å². The van der Waals surface area contributed by atoms with Crippen LogP contribution in [0.15, 0.2) is 0 Å². The van der Waals surface area contributed by atoms with Gasteiger partial charge in [-0.15, -0.1) is 12.4 Å². The molecule has 0 fully saturated rings. The summed E-state index contributed by atoms with van der Waals surface area (Å²) < 4.78 is 1.87. The Bertz CT molecular complexity index is 417. The highest BCUT2D eigenvalue weighted by Crippen LogP contribution is 2.23. The molecular weight excluding hydrogens is 264 g/mol. The first kappa shape index (κ1) is 17.9. The molecule has 0 aliphatic carbocycles. The minimum atomic E-state index is 0. The molecule has 2 N–H and O–H groups in total. The number of hydrogen-bond acceptors (Lipinski definition) is 3. The smallest absolute Gasteiger partial charge is 0.221 e. The van der Waals surface area contributed by atoms with Crippen LogP contribution in [0.4, 0.5) is 0 Å². The van der Waals surface area contributed by atoms with E-state index in [9.17, 15) is 4.79 Å². The van der Waals surface area contributed by atoms with Crippen LogP contribution in [0.25, 0.3) is 0 Å². The van der Waals surface area contributed by atoms with Crippen molar-refractivity contribution in [2.75, 3.05) is 13.6 Å². The maximum atomic E-state index is 11.8. The van der Waals surface area contributed by atoms with E-state index in [-0.39, 0.29) is 24.4 Å². The fraction of sp³-hybridized carbons (Fsp3) is 0.692. The molecule has 1 heterocycles. The van der Waals surface area contributed by atoms with Gasteiger partial charge in [-0.05, 0) is 27.3 Å². The second kappa shape index (κ2) is 8.17. The summed E-state index contributed by atoms with van der Waals surface area (Å²) >= 11 is 0. The van der Waals surface area contributed by atoms with Crippen LogP contribution in [0.1, 0.15) is 42.8 Å². The molecular formula is C13H25ClN4O. The third kappa shape index (κ3) is 4.51. The van der Waals surface area contributed by atoms with Gasteiger partial charge in [0.1, 0.15) is 0 Å². The van der Waals surface area contributed by atoms with Gasteiger partial charge in [0.2, 0.25) is 5.91 Å². The first-order valence-corrected chi connectivity index (χ1v) is 6.45. The molecule has 6 heteroatoms. The molecule has 0 saturated heterocycles. The number of carbonyl (C=O) groups excluding carboxylic acids is 1. The summed E-state index contributed by atoms with van der Waals surface area (Å²) in [6.07, 6.45) is 1.38. The van der Waals surface area contributed by atoms with E-state index in [1.807, 2.05) is 32.6 Å². The predicted molar refractivity (Wildman–Crippen MR) is 79.6 cm³/mol. The average Bonchev–Trinajstić information content (AvgIpc) is 2.58. The van der Waals surface area contributed by atoms with Crippen LogP contribution >= 0.6 is 12.4 Å². The molecule has 1 atom stereocenters. The SMILES string of the molecule is CCC(NC(=O)CCNC)c1c(C)nn(C)c1C.Cl. The molecule has 0 aromatic carbocycles. The highest BCUT2D eigenvalue weighted by atomic mass is 35.5.